The van der Waals surface area contributed by atoms with Crippen LogP contribution in [0.1, 0.15) is 30.8 Å². The Balaban J connectivity index is 2.49. The molecule has 0 radical (unpaired) electrons. The number of carbonyl (C=O) groups is 2. The Morgan fingerprint density at radius 1 is 1.24 bits per heavy atom. The SMILES string of the molecule is CC(=O)N1CCN(C(=O)O)C(C)(c2cc(C)nc(C)c2)C1. The molecular formula is C15H21N3O3. The highest BCUT2D eigenvalue weighted by Crippen LogP contribution is 2.33. The summed E-state index contributed by atoms with van der Waals surface area (Å²) in [7, 11) is 0. The van der Waals surface area contributed by atoms with Crippen LogP contribution in [0.4, 0.5) is 4.79 Å². The molecule has 114 valence electrons. The molecule has 0 saturated carbocycles. The molecule has 0 aromatic carbocycles. The van der Waals surface area contributed by atoms with Gasteiger partial charge in [-0.1, -0.05) is 0 Å². The van der Waals surface area contributed by atoms with Crippen LogP contribution in [0.25, 0.3) is 0 Å². The Morgan fingerprint density at radius 2 is 1.81 bits per heavy atom. The van der Waals surface area contributed by atoms with Gasteiger partial charge in [0.25, 0.3) is 0 Å². The number of carboxylic acid groups (broad SMARTS) is 1. The van der Waals surface area contributed by atoms with Crippen LogP contribution >= 0.6 is 0 Å². The molecule has 0 spiro atoms. The number of pyridine rings is 1. The molecule has 1 aliphatic rings. The average molecular weight is 291 g/mol. The molecule has 1 atom stereocenters. The zero-order valence-electron chi connectivity index (χ0n) is 12.9. The Labute approximate surface area is 124 Å². The molecule has 2 amide bonds. The van der Waals surface area contributed by atoms with Gasteiger partial charge in [0.15, 0.2) is 0 Å². The van der Waals surface area contributed by atoms with Gasteiger partial charge in [-0.25, -0.2) is 4.79 Å². The van der Waals surface area contributed by atoms with E-state index in [-0.39, 0.29) is 5.91 Å². The van der Waals surface area contributed by atoms with Crippen molar-refractivity contribution >= 4 is 12.0 Å². The minimum Gasteiger partial charge on any atom is -0.465 e. The van der Waals surface area contributed by atoms with E-state index in [0.717, 1.165) is 17.0 Å². The smallest absolute Gasteiger partial charge is 0.408 e. The number of piperazine rings is 1. The van der Waals surface area contributed by atoms with Crippen molar-refractivity contribution in [2.24, 2.45) is 0 Å². The molecule has 1 N–H and O–H groups in total. The summed E-state index contributed by atoms with van der Waals surface area (Å²) in [6, 6.07) is 3.79. The van der Waals surface area contributed by atoms with Gasteiger partial charge in [-0.3, -0.25) is 14.7 Å². The molecule has 2 heterocycles. The van der Waals surface area contributed by atoms with Crippen molar-refractivity contribution in [2.45, 2.75) is 33.2 Å². The summed E-state index contributed by atoms with van der Waals surface area (Å²) in [5.74, 6) is -0.0336. The maximum Gasteiger partial charge on any atom is 0.408 e. The number of aryl methyl sites for hydroxylation is 2. The molecule has 1 saturated heterocycles. The van der Waals surface area contributed by atoms with Crippen LogP contribution in [0.5, 0.6) is 0 Å². The van der Waals surface area contributed by atoms with E-state index in [9.17, 15) is 14.7 Å². The van der Waals surface area contributed by atoms with Crippen molar-refractivity contribution < 1.29 is 14.7 Å². The average Bonchev–Trinajstić information content (AvgIpc) is 2.36. The highest BCUT2D eigenvalue weighted by atomic mass is 16.4. The van der Waals surface area contributed by atoms with Gasteiger partial charge < -0.3 is 10.0 Å². The van der Waals surface area contributed by atoms with Crippen LogP contribution < -0.4 is 0 Å². The van der Waals surface area contributed by atoms with Gasteiger partial charge in [0, 0.05) is 37.9 Å². The molecule has 21 heavy (non-hydrogen) atoms. The number of carbonyl (C=O) groups excluding carboxylic acids is 1. The Morgan fingerprint density at radius 3 is 2.29 bits per heavy atom. The first-order valence-electron chi connectivity index (χ1n) is 6.96. The number of aromatic nitrogens is 1. The van der Waals surface area contributed by atoms with Crippen molar-refractivity contribution in [3.05, 3.63) is 29.1 Å². The van der Waals surface area contributed by atoms with Crippen LogP contribution in [0.3, 0.4) is 0 Å². The molecule has 0 bridgehead atoms. The summed E-state index contributed by atoms with van der Waals surface area (Å²) in [6.45, 7) is 8.25. The summed E-state index contributed by atoms with van der Waals surface area (Å²) in [5, 5.41) is 9.51. The normalized spacial score (nSPS) is 22.3. The summed E-state index contributed by atoms with van der Waals surface area (Å²) in [6.07, 6.45) is -0.965. The molecular weight excluding hydrogens is 270 g/mol. The standard InChI is InChI=1S/C15H21N3O3/c1-10-7-13(8-11(2)16-10)15(4)9-17(12(3)19)5-6-18(15)14(20)21/h7-8H,5-6,9H2,1-4H3,(H,20,21). The van der Waals surface area contributed by atoms with Crippen LogP contribution in [0.15, 0.2) is 12.1 Å². The third-order valence-electron chi connectivity index (χ3n) is 4.07. The second-order valence-corrected chi connectivity index (χ2v) is 5.79. The first kappa shape index (κ1) is 15.3. The second kappa shape index (κ2) is 5.35. The monoisotopic (exact) mass is 291 g/mol. The predicted octanol–water partition coefficient (Wildman–Crippen LogP) is 1.76. The fraction of sp³-hybridized carbons (Fsp3) is 0.533. The molecule has 6 nitrogen and oxygen atoms in total. The van der Waals surface area contributed by atoms with Gasteiger partial charge in [-0.15, -0.1) is 0 Å². The van der Waals surface area contributed by atoms with Gasteiger partial charge in [0.1, 0.15) is 0 Å². The molecule has 1 aliphatic heterocycles. The lowest BCUT2D eigenvalue weighted by Crippen LogP contribution is -2.61. The van der Waals surface area contributed by atoms with Crippen molar-refractivity contribution in [2.75, 3.05) is 19.6 Å². The summed E-state index contributed by atoms with van der Waals surface area (Å²) in [5.41, 5.74) is 1.81. The highest BCUT2D eigenvalue weighted by Gasteiger charge is 2.43. The zero-order chi connectivity index (χ0) is 15.8. The second-order valence-electron chi connectivity index (χ2n) is 5.79. The summed E-state index contributed by atoms with van der Waals surface area (Å²) < 4.78 is 0. The lowest BCUT2D eigenvalue weighted by atomic mass is 9.87. The Kier molecular flexibility index (Phi) is 3.89. The molecule has 1 aromatic heterocycles. The number of nitrogens with zero attached hydrogens (tertiary/aromatic N) is 3. The summed E-state index contributed by atoms with van der Waals surface area (Å²) in [4.78, 5) is 30.7. The minimum absolute atomic E-state index is 0.0336. The Hall–Kier alpha value is -2.11. The highest BCUT2D eigenvalue weighted by molar-refractivity contribution is 5.74. The first-order valence-corrected chi connectivity index (χ1v) is 6.96. The van der Waals surface area contributed by atoms with Gasteiger partial charge in [0.2, 0.25) is 5.91 Å². The van der Waals surface area contributed by atoms with E-state index in [1.807, 2.05) is 32.9 Å². The van der Waals surface area contributed by atoms with E-state index in [1.54, 1.807) is 4.90 Å². The maximum atomic E-state index is 11.7. The quantitative estimate of drug-likeness (QED) is 0.855. The lowest BCUT2D eigenvalue weighted by Gasteiger charge is -2.47. The van der Waals surface area contributed by atoms with E-state index >= 15 is 0 Å². The van der Waals surface area contributed by atoms with Crippen LogP contribution in [0, 0.1) is 13.8 Å². The van der Waals surface area contributed by atoms with E-state index in [0.29, 0.717) is 19.6 Å². The topological polar surface area (TPSA) is 73.7 Å². The number of hydrogen-bond acceptors (Lipinski definition) is 3. The van der Waals surface area contributed by atoms with Crippen molar-refractivity contribution in [3.8, 4) is 0 Å². The first-order chi connectivity index (χ1) is 9.74. The van der Waals surface area contributed by atoms with Crippen molar-refractivity contribution in [1.29, 1.82) is 0 Å². The minimum atomic E-state index is -0.965. The van der Waals surface area contributed by atoms with Crippen LogP contribution in [-0.4, -0.2) is 51.5 Å². The lowest BCUT2D eigenvalue weighted by molar-refractivity contribution is -0.133. The number of hydrogen-bond donors (Lipinski definition) is 1. The zero-order valence-corrected chi connectivity index (χ0v) is 12.9. The van der Waals surface area contributed by atoms with Crippen LogP contribution in [-0.2, 0) is 10.3 Å². The van der Waals surface area contributed by atoms with E-state index in [1.165, 1.54) is 11.8 Å². The van der Waals surface area contributed by atoms with Crippen molar-refractivity contribution in [3.63, 3.8) is 0 Å². The molecule has 1 unspecified atom stereocenters. The predicted molar refractivity (Wildman–Crippen MR) is 78.0 cm³/mol. The molecule has 0 aliphatic carbocycles. The third kappa shape index (κ3) is 2.84. The fourth-order valence-electron chi connectivity index (χ4n) is 2.97. The van der Waals surface area contributed by atoms with E-state index < -0.39 is 11.6 Å². The van der Waals surface area contributed by atoms with Crippen LogP contribution in [0.2, 0.25) is 0 Å². The molecule has 1 fully saturated rings. The molecule has 2 rings (SSSR count). The molecule has 6 heteroatoms. The van der Waals surface area contributed by atoms with Gasteiger partial charge in [-0.05, 0) is 38.5 Å². The molecule has 1 aromatic rings. The van der Waals surface area contributed by atoms with Gasteiger partial charge in [-0.2, -0.15) is 0 Å². The van der Waals surface area contributed by atoms with Gasteiger partial charge in [0.05, 0.1) is 5.54 Å². The van der Waals surface area contributed by atoms with Gasteiger partial charge >= 0.3 is 6.09 Å². The fourth-order valence-corrected chi connectivity index (χ4v) is 2.97. The maximum absolute atomic E-state index is 11.7. The number of amides is 2. The number of rotatable bonds is 1. The largest absolute Gasteiger partial charge is 0.465 e. The summed E-state index contributed by atoms with van der Waals surface area (Å²) >= 11 is 0. The van der Waals surface area contributed by atoms with Crippen molar-refractivity contribution in [1.82, 2.24) is 14.8 Å². The van der Waals surface area contributed by atoms with E-state index in [2.05, 4.69) is 4.98 Å². The Bertz CT molecular complexity index is 567. The third-order valence-corrected chi connectivity index (χ3v) is 4.07. The van der Waals surface area contributed by atoms with E-state index in [4.69, 9.17) is 0 Å².